The molecule has 0 radical (unpaired) electrons. The zero-order chi connectivity index (χ0) is 35.8. The first-order valence-corrected chi connectivity index (χ1v) is 20.9. The Labute approximate surface area is 297 Å². The van der Waals surface area contributed by atoms with Gasteiger partial charge < -0.3 is 14.7 Å². The molecular formula is C38H43F2N5O3SSi. The number of nitrogens with zero attached hydrogens (tertiary/aromatic N) is 5. The Kier molecular flexibility index (Phi) is 8.74. The third kappa shape index (κ3) is 5.22. The molecule has 0 spiro atoms. The van der Waals surface area contributed by atoms with Crippen molar-refractivity contribution in [3.63, 3.8) is 0 Å². The molecule has 4 aromatic rings. The van der Waals surface area contributed by atoms with E-state index in [1.54, 1.807) is 17.0 Å². The van der Waals surface area contributed by atoms with Crippen molar-refractivity contribution in [2.24, 2.45) is 0 Å². The van der Waals surface area contributed by atoms with Crippen LogP contribution in [-0.2, 0) is 0 Å². The molecule has 2 fully saturated rings. The Morgan fingerprint density at radius 1 is 1.04 bits per heavy atom. The van der Waals surface area contributed by atoms with Gasteiger partial charge in [-0.15, -0.1) is 5.54 Å². The third-order valence-corrected chi connectivity index (χ3v) is 18.2. The quantitative estimate of drug-likeness (QED) is 0.0949. The Morgan fingerprint density at radius 2 is 1.76 bits per heavy atom. The van der Waals surface area contributed by atoms with Crippen molar-refractivity contribution in [2.75, 3.05) is 17.7 Å². The van der Waals surface area contributed by atoms with E-state index < -0.39 is 31.9 Å². The molecule has 4 atom stereocenters. The minimum Gasteiger partial charge on any atom is -0.472 e. The molecule has 0 aliphatic carbocycles. The maximum Gasteiger partial charge on any atom is 0.407 e. The van der Waals surface area contributed by atoms with Crippen LogP contribution in [0.5, 0.6) is 5.88 Å². The van der Waals surface area contributed by atoms with Crippen LogP contribution >= 0.6 is 11.8 Å². The Morgan fingerprint density at radius 3 is 2.42 bits per heavy atom. The molecule has 2 aromatic carbocycles. The number of fused-ring (bicyclic) bond motifs is 6. The fourth-order valence-corrected chi connectivity index (χ4v) is 14.9. The number of amides is 1. The van der Waals surface area contributed by atoms with Crippen molar-refractivity contribution in [1.29, 1.82) is 0 Å². The second-order valence-electron chi connectivity index (χ2n) is 14.8. The molecule has 262 valence electrons. The van der Waals surface area contributed by atoms with Crippen LogP contribution in [0.3, 0.4) is 0 Å². The summed E-state index contributed by atoms with van der Waals surface area (Å²) in [7, 11) is -2.19. The highest BCUT2D eigenvalue weighted by atomic mass is 32.2. The molecule has 0 saturated carbocycles. The fourth-order valence-electron chi connectivity index (χ4n) is 9.28. The number of hydrogen-bond acceptors (Lipinski definition) is 7. The van der Waals surface area contributed by atoms with Crippen molar-refractivity contribution in [3.8, 4) is 28.6 Å². The molecule has 1 N–H and O–H groups in total. The summed E-state index contributed by atoms with van der Waals surface area (Å²) in [5.74, 6) is 3.08. The molecule has 4 unspecified atom stereocenters. The highest BCUT2D eigenvalue weighted by molar-refractivity contribution is 7.98. The van der Waals surface area contributed by atoms with E-state index in [0.29, 0.717) is 67.8 Å². The van der Waals surface area contributed by atoms with E-state index in [1.165, 1.54) is 23.9 Å². The SMILES string of the molecule is CSc1nc2c3c(nc(-c4cccc5cc(F)cc(C#C[Si](C(C)C)(C(C)C)C(C)C)c45)c(F)c3n1)OC(C)C1C3CCC(CN21)N3C(=O)O. The zero-order valence-corrected chi connectivity index (χ0v) is 31.5. The van der Waals surface area contributed by atoms with Crippen LogP contribution in [-0.4, -0.2) is 76.2 Å². The number of carboxylic acid groups (broad SMARTS) is 1. The van der Waals surface area contributed by atoms with Crippen LogP contribution in [0.15, 0.2) is 35.5 Å². The first-order chi connectivity index (χ1) is 23.8. The summed E-state index contributed by atoms with van der Waals surface area (Å²) in [6.45, 7) is 15.7. The second kappa shape index (κ2) is 12.7. The van der Waals surface area contributed by atoms with Crippen molar-refractivity contribution >= 4 is 53.4 Å². The van der Waals surface area contributed by atoms with Gasteiger partial charge in [0.2, 0.25) is 5.88 Å². The van der Waals surface area contributed by atoms with Crippen molar-refractivity contribution < 1.29 is 23.4 Å². The summed E-state index contributed by atoms with van der Waals surface area (Å²) < 4.78 is 39.0. The number of hydrogen-bond donors (Lipinski definition) is 1. The van der Waals surface area contributed by atoms with E-state index in [4.69, 9.17) is 14.7 Å². The number of piperazine rings is 1. The minimum atomic E-state index is -2.19. The van der Waals surface area contributed by atoms with Gasteiger partial charge in [0.25, 0.3) is 0 Å². The number of aromatic nitrogens is 3. The number of pyridine rings is 1. The first-order valence-electron chi connectivity index (χ1n) is 17.4. The number of rotatable bonds is 5. The summed E-state index contributed by atoms with van der Waals surface area (Å²) in [5.41, 5.74) is 5.92. The van der Waals surface area contributed by atoms with Gasteiger partial charge in [-0.1, -0.05) is 77.4 Å². The molecular weight excluding hydrogens is 673 g/mol. The van der Waals surface area contributed by atoms with Crippen molar-refractivity contribution in [2.45, 2.75) is 107 Å². The van der Waals surface area contributed by atoms with Crippen LogP contribution < -0.4 is 9.64 Å². The van der Waals surface area contributed by atoms with E-state index in [-0.39, 0.29) is 35.2 Å². The standard InChI is InChI=1S/C38H43F2N5O3SSi/c1-19(2)50(20(3)4,21(5)6)15-14-24-17-25(39)16-23-10-9-11-27(29(23)24)32-31(40)33-30-35(43-37(42-33)49-8)44-18-26-12-13-28(45(26)38(46)47)34(44)22(7)48-36(30)41-32/h9-11,16-17,19-22,26,28,34H,12-13,18H2,1-8H3,(H,46,47). The lowest BCUT2D eigenvalue weighted by atomic mass is 9.96. The van der Waals surface area contributed by atoms with Gasteiger partial charge in [-0.2, -0.15) is 0 Å². The highest BCUT2D eigenvalue weighted by Gasteiger charge is 2.53. The Bertz CT molecular complexity index is 2080. The molecule has 3 aliphatic rings. The molecule has 2 saturated heterocycles. The average Bonchev–Trinajstić information content (AvgIpc) is 3.31. The summed E-state index contributed by atoms with van der Waals surface area (Å²) in [6, 6.07) is 7.39. The molecule has 2 aromatic heterocycles. The van der Waals surface area contributed by atoms with Crippen LogP contribution in [0.4, 0.5) is 19.4 Å². The minimum absolute atomic E-state index is 0.0327. The lowest BCUT2D eigenvalue weighted by Crippen LogP contribution is -2.64. The summed E-state index contributed by atoms with van der Waals surface area (Å²) in [6.07, 6.45) is 1.83. The van der Waals surface area contributed by atoms with E-state index in [9.17, 15) is 9.90 Å². The monoisotopic (exact) mass is 715 g/mol. The lowest BCUT2D eigenvalue weighted by molar-refractivity contribution is 0.0707. The lowest BCUT2D eigenvalue weighted by Gasteiger charge is -2.47. The highest BCUT2D eigenvalue weighted by Crippen LogP contribution is 2.47. The topological polar surface area (TPSA) is 91.7 Å². The van der Waals surface area contributed by atoms with Gasteiger partial charge in [0, 0.05) is 23.1 Å². The summed E-state index contributed by atoms with van der Waals surface area (Å²) in [5, 5.41) is 12.1. The molecule has 12 heteroatoms. The van der Waals surface area contributed by atoms with Gasteiger partial charge in [0.05, 0.1) is 18.1 Å². The molecule has 2 bridgehead atoms. The third-order valence-electron chi connectivity index (χ3n) is 11.4. The normalized spacial score (nSPS) is 21.5. The predicted octanol–water partition coefficient (Wildman–Crippen LogP) is 8.90. The van der Waals surface area contributed by atoms with Crippen LogP contribution in [0, 0.1) is 23.1 Å². The van der Waals surface area contributed by atoms with E-state index in [2.05, 4.69) is 62.9 Å². The van der Waals surface area contributed by atoms with Crippen LogP contribution in [0.25, 0.3) is 32.9 Å². The maximum absolute atomic E-state index is 17.2. The summed E-state index contributed by atoms with van der Waals surface area (Å²) in [4.78, 5) is 30.4. The zero-order valence-electron chi connectivity index (χ0n) is 29.7. The van der Waals surface area contributed by atoms with Gasteiger partial charge in [-0.3, -0.25) is 4.90 Å². The van der Waals surface area contributed by atoms with Gasteiger partial charge in [0.1, 0.15) is 42.4 Å². The van der Waals surface area contributed by atoms with Crippen molar-refractivity contribution in [3.05, 3.63) is 47.5 Å². The number of halogens is 2. The molecule has 8 nitrogen and oxygen atoms in total. The molecule has 7 rings (SSSR count). The Hall–Kier alpha value is -3.95. The number of anilines is 1. The molecule has 1 amide bonds. The smallest absolute Gasteiger partial charge is 0.407 e. The fraction of sp³-hybridized carbons (Fsp3) is 0.474. The molecule has 50 heavy (non-hydrogen) atoms. The number of benzene rings is 2. The van der Waals surface area contributed by atoms with Gasteiger partial charge >= 0.3 is 6.09 Å². The number of ether oxygens (including phenoxy) is 1. The van der Waals surface area contributed by atoms with Crippen LogP contribution in [0.1, 0.15) is 66.9 Å². The molecule has 3 aliphatic heterocycles. The van der Waals surface area contributed by atoms with Crippen LogP contribution in [0.2, 0.25) is 16.6 Å². The van der Waals surface area contributed by atoms with Crippen molar-refractivity contribution in [1.82, 2.24) is 19.9 Å². The van der Waals surface area contributed by atoms with Gasteiger partial charge in [-0.25, -0.2) is 28.5 Å². The first kappa shape index (κ1) is 34.5. The maximum atomic E-state index is 17.2. The predicted molar refractivity (Wildman–Crippen MR) is 198 cm³/mol. The number of carbonyl (C=O) groups is 1. The molecule has 5 heterocycles. The van der Waals surface area contributed by atoms with Gasteiger partial charge in [-0.05, 0) is 60.2 Å². The second-order valence-corrected chi connectivity index (χ2v) is 21.1. The number of thioether (sulfide) groups is 1. The van der Waals surface area contributed by atoms with E-state index in [0.717, 1.165) is 6.42 Å². The van der Waals surface area contributed by atoms with E-state index in [1.807, 2.05) is 19.2 Å². The summed E-state index contributed by atoms with van der Waals surface area (Å²) >= 11 is 1.31. The largest absolute Gasteiger partial charge is 0.472 e. The van der Waals surface area contributed by atoms with Gasteiger partial charge in [0.15, 0.2) is 11.0 Å². The van der Waals surface area contributed by atoms with E-state index >= 15 is 8.78 Å². The average molecular weight is 716 g/mol. The Balaban J connectivity index is 1.47.